The standard InChI is InChI=1S/C14H15BrFNO2/c15-9-2-1-8(12(16)5-9)7-17-10-3-4-13(17)11(6-10)14(18)19/h1-2,5,10-11,13H,3-4,6-7H2,(H,18,19). The monoisotopic (exact) mass is 327 g/mol. The first-order valence-corrected chi connectivity index (χ1v) is 7.28. The molecule has 3 nitrogen and oxygen atoms in total. The highest BCUT2D eigenvalue weighted by Crippen LogP contribution is 2.42. The number of nitrogens with zero attached hydrogens (tertiary/aromatic N) is 1. The van der Waals surface area contributed by atoms with E-state index in [1.807, 2.05) is 6.07 Å². The lowest BCUT2D eigenvalue weighted by Gasteiger charge is -2.23. The van der Waals surface area contributed by atoms with Crippen LogP contribution in [-0.4, -0.2) is 28.1 Å². The van der Waals surface area contributed by atoms with Gasteiger partial charge < -0.3 is 5.11 Å². The molecule has 0 aromatic heterocycles. The normalized spacial score (nSPS) is 29.9. The highest BCUT2D eigenvalue weighted by atomic mass is 79.9. The third kappa shape index (κ3) is 2.30. The van der Waals surface area contributed by atoms with Crippen molar-refractivity contribution in [3.8, 4) is 0 Å². The van der Waals surface area contributed by atoms with E-state index >= 15 is 0 Å². The zero-order valence-corrected chi connectivity index (χ0v) is 11.9. The van der Waals surface area contributed by atoms with Crippen molar-refractivity contribution in [1.82, 2.24) is 4.90 Å². The van der Waals surface area contributed by atoms with Crippen LogP contribution in [0.25, 0.3) is 0 Å². The summed E-state index contributed by atoms with van der Waals surface area (Å²) >= 11 is 3.24. The molecule has 0 aliphatic carbocycles. The molecule has 2 bridgehead atoms. The number of carbonyl (C=O) groups is 1. The molecule has 3 rings (SSSR count). The van der Waals surface area contributed by atoms with Crippen LogP contribution in [0.5, 0.6) is 0 Å². The number of carboxylic acids is 1. The molecule has 0 amide bonds. The Kier molecular flexibility index (Phi) is 3.35. The van der Waals surface area contributed by atoms with Crippen LogP contribution in [0.4, 0.5) is 4.39 Å². The van der Waals surface area contributed by atoms with E-state index in [1.165, 1.54) is 6.07 Å². The predicted octanol–water partition coefficient (Wildman–Crippen LogP) is 3.03. The SMILES string of the molecule is O=C(O)C1CC2CCC1N2Cc1ccc(Br)cc1F. The molecule has 102 valence electrons. The first-order chi connectivity index (χ1) is 9.06. The van der Waals surface area contributed by atoms with Gasteiger partial charge in [-0.3, -0.25) is 9.69 Å². The summed E-state index contributed by atoms with van der Waals surface area (Å²) in [6, 6.07) is 5.43. The topological polar surface area (TPSA) is 40.5 Å². The summed E-state index contributed by atoms with van der Waals surface area (Å²) in [5.74, 6) is -1.22. The number of fused-ring (bicyclic) bond motifs is 2. The van der Waals surface area contributed by atoms with Crippen LogP contribution < -0.4 is 0 Å². The number of halogens is 2. The van der Waals surface area contributed by atoms with Gasteiger partial charge in [0.25, 0.3) is 0 Å². The highest BCUT2D eigenvalue weighted by molar-refractivity contribution is 9.10. The predicted molar refractivity (Wildman–Crippen MR) is 72.2 cm³/mol. The fraction of sp³-hybridized carbons (Fsp3) is 0.500. The lowest BCUT2D eigenvalue weighted by Crippen LogP contribution is -2.32. The average Bonchev–Trinajstić information content (AvgIpc) is 2.90. The third-order valence-electron chi connectivity index (χ3n) is 4.37. The Morgan fingerprint density at radius 3 is 2.89 bits per heavy atom. The van der Waals surface area contributed by atoms with E-state index < -0.39 is 5.97 Å². The molecule has 2 aliphatic heterocycles. The summed E-state index contributed by atoms with van der Waals surface area (Å²) in [7, 11) is 0. The van der Waals surface area contributed by atoms with Crippen LogP contribution in [-0.2, 0) is 11.3 Å². The Balaban J connectivity index is 1.79. The van der Waals surface area contributed by atoms with Gasteiger partial charge >= 0.3 is 5.97 Å². The molecule has 2 aliphatic rings. The first-order valence-electron chi connectivity index (χ1n) is 6.48. The maximum atomic E-state index is 13.9. The minimum Gasteiger partial charge on any atom is -0.481 e. The maximum Gasteiger partial charge on any atom is 0.308 e. The molecule has 1 aromatic carbocycles. The molecule has 0 spiro atoms. The fourth-order valence-corrected chi connectivity index (χ4v) is 3.79. The summed E-state index contributed by atoms with van der Waals surface area (Å²) < 4.78 is 14.6. The molecule has 5 heteroatoms. The molecule has 0 saturated carbocycles. The molecule has 1 aromatic rings. The number of hydrogen-bond donors (Lipinski definition) is 1. The van der Waals surface area contributed by atoms with Crippen molar-refractivity contribution in [3.63, 3.8) is 0 Å². The van der Waals surface area contributed by atoms with Crippen LogP contribution >= 0.6 is 15.9 Å². The average molecular weight is 328 g/mol. The second-order valence-electron chi connectivity index (χ2n) is 5.39. The van der Waals surface area contributed by atoms with E-state index in [1.54, 1.807) is 6.07 Å². The third-order valence-corrected chi connectivity index (χ3v) is 4.86. The maximum absolute atomic E-state index is 13.9. The minimum atomic E-state index is -0.714. The van der Waals surface area contributed by atoms with Gasteiger partial charge in [0, 0.05) is 28.7 Å². The molecular formula is C14H15BrFNO2. The first kappa shape index (κ1) is 13.1. The lowest BCUT2D eigenvalue weighted by molar-refractivity contribution is -0.142. The Hall–Kier alpha value is -0.940. The Bertz CT molecular complexity index is 522. The molecule has 1 N–H and O–H groups in total. The lowest BCUT2D eigenvalue weighted by atomic mass is 9.89. The van der Waals surface area contributed by atoms with Crippen molar-refractivity contribution in [2.45, 2.75) is 37.9 Å². The zero-order valence-electron chi connectivity index (χ0n) is 10.4. The summed E-state index contributed by atoms with van der Waals surface area (Å²) in [5.41, 5.74) is 0.645. The van der Waals surface area contributed by atoms with Crippen molar-refractivity contribution in [3.05, 3.63) is 34.1 Å². The van der Waals surface area contributed by atoms with Crippen LogP contribution in [0.3, 0.4) is 0 Å². The summed E-state index contributed by atoms with van der Waals surface area (Å²) in [4.78, 5) is 13.4. The Morgan fingerprint density at radius 1 is 1.47 bits per heavy atom. The van der Waals surface area contributed by atoms with Crippen molar-refractivity contribution < 1.29 is 14.3 Å². The summed E-state index contributed by atoms with van der Waals surface area (Å²) in [6.45, 7) is 0.512. The minimum absolute atomic E-state index is 0.0746. The fourth-order valence-electron chi connectivity index (χ4n) is 3.46. The van der Waals surface area contributed by atoms with Crippen molar-refractivity contribution in [2.75, 3.05) is 0 Å². The van der Waals surface area contributed by atoms with Crippen LogP contribution in [0, 0.1) is 11.7 Å². The summed E-state index contributed by atoms with van der Waals surface area (Å²) in [6.07, 6.45) is 2.66. The summed E-state index contributed by atoms with van der Waals surface area (Å²) in [5, 5.41) is 9.20. The number of benzene rings is 1. The van der Waals surface area contributed by atoms with Gasteiger partial charge in [-0.25, -0.2) is 4.39 Å². The quantitative estimate of drug-likeness (QED) is 0.927. The zero-order chi connectivity index (χ0) is 13.6. The molecular weight excluding hydrogens is 313 g/mol. The molecule has 2 heterocycles. The van der Waals surface area contributed by atoms with Gasteiger partial charge in [0.1, 0.15) is 5.82 Å². The second kappa shape index (κ2) is 4.87. The van der Waals surface area contributed by atoms with E-state index in [0.717, 1.165) is 17.3 Å². The molecule has 3 atom stereocenters. The molecule has 0 radical (unpaired) electrons. The largest absolute Gasteiger partial charge is 0.481 e. The molecule has 19 heavy (non-hydrogen) atoms. The van der Waals surface area contributed by atoms with Gasteiger partial charge in [-0.1, -0.05) is 22.0 Å². The second-order valence-corrected chi connectivity index (χ2v) is 6.30. The van der Waals surface area contributed by atoms with Gasteiger partial charge in [0.15, 0.2) is 0 Å². The van der Waals surface area contributed by atoms with Crippen LogP contribution in [0.2, 0.25) is 0 Å². The smallest absolute Gasteiger partial charge is 0.308 e. The van der Waals surface area contributed by atoms with Crippen LogP contribution in [0.1, 0.15) is 24.8 Å². The Labute approximate surface area is 119 Å². The van der Waals surface area contributed by atoms with Crippen molar-refractivity contribution in [2.24, 2.45) is 5.92 Å². The number of rotatable bonds is 3. The van der Waals surface area contributed by atoms with Gasteiger partial charge in [0.2, 0.25) is 0 Å². The molecule has 2 saturated heterocycles. The van der Waals surface area contributed by atoms with E-state index in [0.29, 0.717) is 24.6 Å². The molecule has 2 fully saturated rings. The van der Waals surface area contributed by atoms with Gasteiger partial charge in [-0.15, -0.1) is 0 Å². The highest BCUT2D eigenvalue weighted by Gasteiger charge is 2.49. The number of hydrogen-bond acceptors (Lipinski definition) is 2. The van der Waals surface area contributed by atoms with E-state index in [4.69, 9.17) is 0 Å². The van der Waals surface area contributed by atoms with E-state index in [-0.39, 0.29) is 17.8 Å². The van der Waals surface area contributed by atoms with Gasteiger partial charge in [-0.2, -0.15) is 0 Å². The molecule has 3 unspecified atom stereocenters. The van der Waals surface area contributed by atoms with Gasteiger partial charge in [0.05, 0.1) is 5.92 Å². The Morgan fingerprint density at radius 2 is 2.26 bits per heavy atom. The van der Waals surface area contributed by atoms with Crippen molar-refractivity contribution >= 4 is 21.9 Å². The number of aliphatic carboxylic acids is 1. The van der Waals surface area contributed by atoms with E-state index in [9.17, 15) is 14.3 Å². The van der Waals surface area contributed by atoms with E-state index in [2.05, 4.69) is 20.8 Å². The number of carboxylic acid groups (broad SMARTS) is 1. The van der Waals surface area contributed by atoms with Crippen molar-refractivity contribution in [1.29, 1.82) is 0 Å². The van der Waals surface area contributed by atoms with Crippen LogP contribution in [0.15, 0.2) is 22.7 Å². The van der Waals surface area contributed by atoms with Gasteiger partial charge in [-0.05, 0) is 31.4 Å².